The molecule has 1 aliphatic rings. The van der Waals surface area contributed by atoms with Crippen molar-refractivity contribution in [3.05, 3.63) is 0 Å². The quantitative estimate of drug-likeness (QED) is 0.688. The molecule has 0 spiro atoms. The van der Waals surface area contributed by atoms with E-state index in [1.54, 1.807) is 0 Å². The van der Waals surface area contributed by atoms with Crippen LogP contribution < -0.4 is 10.6 Å². The number of nitrogens with zero attached hydrogens (tertiary/aromatic N) is 1. The van der Waals surface area contributed by atoms with Gasteiger partial charge in [-0.15, -0.1) is 0 Å². The van der Waals surface area contributed by atoms with E-state index in [0.29, 0.717) is 5.92 Å². The monoisotopic (exact) mass is 269 g/mol. The second kappa shape index (κ2) is 7.85. The van der Waals surface area contributed by atoms with Crippen LogP contribution >= 0.6 is 0 Å². The van der Waals surface area contributed by atoms with Gasteiger partial charge in [0.2, 0.25) is 5.91 Å². The molecule has 0 aromatic rings. The van der Waals surface area contributed by atoms with E-state index in [9.17, 15) is 4.79 Å². The molecule has 0 aliphatic carbocycles. The molecule has 1 fully saturated rings. The number of carbonyl (C=O) groups is 1. The van der Waals surface area contributed by atoms with E-state index < -0.39 is 0 Å². The molecule has 1 heterocycles. The second-order valence-electron chi connectivity index (χ2n) is 6.70. The van der Waals surface area contributed by atoms with Crippen molar-refractivity contribution >= 4 is 5.91 Å². The van der Waals surface area contributed by atoms with Crippen LogP contribution in [-0.4, -0.2) is 50.1 Å². The van der Waals surface area contributed by atoms with Crippen molar-refractivity contribution in [2.45, 2.75) is 40.5 Å². The molecule has 0 aromatic heterocycles. The van der Waals surface area contributed by atoms with Gasteiger partial charge in [0.15, 0.2) is 0 Å². The van der Waals surface area contributed by atoms with Crippen molar-refractivity contribution in [1.82, 2.24) is 15.5 Å². The highest BCUT2D eigenvalue weighted by atomic mass is 16.2. The predicted molar refractivity (Wildman–Crippen MR) is 80.2 cm³/mol. The van der Waals surface area contributed by atoms with E-state index in [0.717, 1.165) is 45.7 Å². The van der Waals surface area contributed by atoms with E-state index in [1.165, 1.54) is 6.42 Å². The van der Waals surface area contributed by atoms with Gasteiger partial charge in [-0.2, -0.15) is 0 Å². The third kappa shape index (κ3) is 6.39. The molecule has 0 bridgehead atoms. The first-order valence-corrected chi connectivity index (χ1v) is 7.63. The van der Waals surface area contributed by atoms with Gasteiger partial charge < -0.3 is 10.6 Å². The minimum Gasteiger partial charge on any atom is -0.356 e. The van der Waals surface area contributed by atoms with E-state index >= 15 is 0 Å². The van der Waals surface area contributed by atoms with Crippen LogP contribution in [0.4, 0.5) is 0 Å². The van der Waals surface area contributed by atoms with Crippen LogP contribution in [-0.2, 0) is 4.79 Å². The van der Waals surface area contributed by atoms with Crippen LogP contribution in [0.25, 0.3) is 0 Å². The SMILES string of the molecule is CC(C)CCCNC(=O)C(C)(C)CN1CCNCC1. The summed E-state index contributed by atoms with van der Waals surface area (Å²) in [5, 5.41) is 6.43. The lowest BCUT2D eigenvalue weighted by molar-refractivity contribution is -0.130. The maximum Gasteiger partial charge on any atom is 0.226 e. The van der Waals surface area contributed by atoms with Crippen LogP contribution in [0.3, 0.4) is 0 Å². The van der Waals surface area contributed by atoms with Gasteiger partial charge in [0.25, 0.3) is 0 Å². The molecule has 2 N–H and O–H groups in total. The standard InChI is InChI=1S/C15H31N3O/c1-13(2)6-5-7-17-14(19)15(3,4)12-18-10-8-16-9-11-18/h13,16H,5-12H2,1-4H3,(H,17,19). The summed E-state index contributed by atoms with van der Waals surface area (Å²) >= 11 is 0. The fourth-order valence-electron chi connectivity index (χ4n) is 2.45. The Hall–Kier alpha value is -0.610. The summed E-state index contributed by atoms with van der Waals surface area (Å²) in [7, 11) is 0. The van der Waals surface area contributed by atoms with Crippen LogP contribution in [0.5, 0.6) is 0 Å². The second-order valence-corrected chi connectivity index (χ2v) is 6.70. The highest BCUT2D eigenvalue weighted by Gasteiger charge is 2.30. The third-order valence-corrected chi connectivity index (χ3v) is 3.69. The molecule has 0 atom stereocenters. The first kappa shape index (κ1) is 16.4. The first-order valence-electron chi connectivity index (χ1n) is 7.63. The third-order valence-electron chi connectivity index (χ3n) is 3.69. The lowest BCUT2D eigenvalue weighted by Gasteiger charge is -2.34. The number of hydrogen-bond donors (Lipinski definition) is 2. The van der Waals surface area contributed by atoms with Gasteiger partial charge in [0.1, 0.15) is 0 Å². The van der Waals surface area contributed by atoms with Crippen molar-refractivity contribution in [1.29, 1.82) is 0 Å². The van der Waals surface area contributed by atoms with E-state index in [2.05, 4.69) is 29.4 Å². The molecule has 4 heteroatoms. The summed E-state index contributed by atoms with van der Waals surface area (Å²) in [5.41, 5.74) is -0.296. The Balaban J connectivity index is 2.27. The zero-order chi connectivity index (χ0) is 14.3. The van der Waals surface area contributed by atoms with Gasteiger partial charge in [0.05, 0.1) is 5.41 Å². The smallest absolute Gasteiger partial charge is 0.226 e. The maximum absolute atomic E-state index is 12.2. The minimum atomic E-state index is -0.296. The summed E-state index contributed by atoms with van der Waals surface area (Å²) < 4.78 is 0. The van der Waals surface area contributed by atoms with Crippen LogP contribution in [0.2, 0.25) is 0 Å². The van der Waals surface area contributed by atoms with Crippen molar-refractivity contribution in [3.8, 4) is 0 Å². The molecule has 112 valence electrons. The Morgan fingerprint density at radius 1 is 1.32 bits per heavy atom. The Bertz CT molecular complexity index is 271. The fourth-order valence-corrected chi connectivity index (χ4v) is 2.45. The van der Waals surface area contributed by atoms with Gasteiger partial charge in [0, 0.05) is 39.3 Å². The molecule has 0 aromatic carbocycles. The molecular weight excluding hydrogens is 238 g/mol. The Morgan fingerprint density at radius 2 is 1.95 bits per heavy atom. The number of piperazine rings is 1. The Kier molecular flexibility index (Phi) is 6.80. The predicted octanol–water partition coefficient (Wildman–Crippen LogP) is 1.47. The molecule has 19 heavy (non-hydrogen) atoms. The molecule has 1 saturated heterocycles. The highest BCUT2D eigenvalue weighted by Crippen LogP contribution is 2.17. The van der Waals surface area contributed by atoms with Gasteiger partial charge >= 0.3 is 0 Å². The molecular formula is C15H31N3O. The zero-order valence-corrected chi connectivity index (χ0v) is 13.1. The van der Waals surface area contributed by atoms with Crippen molar-refractivity contribution in [3.63, 3.8) is 0 Å². The number of rotatable bonds is 7. The number of amides is 1. The Morgan fingerprint density at radius 3 is 2.53 bits per heavy atom. The van der Waals surface area contributed by atoms with Crippen molar-refractivity contribution in [2.75, 3.05) is 39.3 Å². The topological polar surface area (TPSA) is 44.4 Å². The first-order chi connectivity index (χ1) is 8.92. The average molecular weight is 269 g/mol. The molecule has 0 radical (unpaired) electrons. The number of hydrogen-bond acceptors (Lipinski definition) is 3. The van der Waals surface area contributed by atoms with Gasteiger partial charge in [-0.1, -0.05) is 13.8 Å². The van der Waals surface area contributed by atoms with Gasteiger partial charge in [-0.25, -0.2) is 0 Å². The number of nitrogens with one attached hydrogen (secondary N) is 2. The average Bonchev–Trinajstić information content (AvgIpc) is 2.34. The van der Waals surface area contributed by atoms with Crippen LogP contribution in [0.15, 0.2) is 0 Å². The molecule has 1 aliphatic heterocycles. The van der Waals surface area contributed by atoms with E-state index in [4.69, 9.17) is 0 Å². The summed E-state index contributed by atoms with van der Waals surface area (Å²) in [6.07, 6.45) is 2.26. The zero-order valence-electron chi connectivity index (χ0n) is 13.1. The largest absolute Gasteiger partial charge is 0.356 e. The summed E-state index contributed by atoms with van der Waals surface area (Å²) in [4.78, 5) is 14.6. The lowest BCUT2D eigenvalue weighted by Crippen LogP contribution is -2.50. The molecule has 0 saturated carbocycles. The van der Waals surface area contributed by atoms with Crippen molar-refractivity contribution in [2.24, 2.45) is 11.3 Å². The molecule has 1 amide bonds. The van der Waals surface area contributed by atoms with Crippen molar-refractivity contribution < 1.29 is 4.79 Å². The normalized spacial score (nSPS) is 17.7. The summed E-state index contributed by atoms with van der Waals surface area (Å²) in [6.45, 7) is 14.4. The van der Waals surface area contributed by atoms with E-state index in [1.807, 2.05) is 13.8 Å². The maximum atomic E-state index is 12.2. The molecule has 1 rings (SSSR count). The van der Waals surface area contributed by atoms with Crippen LogP contribution in [0, 0.1) is 11.3 Å². The molecule has 0 unspecified atom stereocenters. The highest BCUT2D eigenvalue weighted by molar-refractivity contribution is 5.82. The van der Waals surface area contributed by atoms with Gasteiger partial charge in [-0.3, -0.25) is 9.69 Å². The molecule has 4 nitrogen and oxygen atoms in total. The van der Waals surface area contributed by atoms with E-state index in [-0.39, 0.29) is 11.3 Å². The lowest BCUT2D eigenvalue weighted by atomic mass is 9.91. The summed E-state index contributed by atoms with van der Waals surface area (Å²) in [6, 6.07) is 0. The van der Waals surface area contributed by atoms with Gasteiger partial charge in [-0.05, 0) is 32.6 Å². The van der Waals surface area contributed by atoms with Crippen LogP contribution in [0.1, 0.15) is 40.5 Å². The summed E-state index contributed by atoms with van der Waals surface area (Å²) in [5.74, 6) is 0.903. The fraction of sp³-hybridized carbons (Fsp3) is 0.933. The minimum absolute atomic E-state index is 0.190. The Labute approximate surface area is 118 Å². The number of carbonyl (C=O) groups excluding carboxylic acids is 1.